The van der Waals surface area contributed by atoms with E-state index in [9.17, 15) is 4.79 Å². The number of rotatable bonds is 3. The van der Waals surface area contributed by atoms with Crippen LogP contribution in [0.5, 0.6) is 0 Å². The molecule has 1 amide bonds. The average molecular weight is 275 g/mol. The van der Waals surface area contributed by atoms with Crippen molar-refractivity contribution in [2.45, 2.75) is 38.2 Å². The summed E-state index contributed by atoms with van der Waals surface area (Å²) in [5.41, 5.74) is 0.0443. The Kier molecular flexibility index (Phi) is 3.61. The lowest BCUT2D eigenvalue weighted by Gasteiger charge is -2.22. The molecule has 20 heavy (non-hydrogen) atoms. The predicted octanol–water partition coefficient (Wildman–Crippen LogP) is 2.19. The molecule has 2 aliphatic rings. The van der Waals surface area contributed by atoms with Crippen LogP contribution in [0.2, 0.25) is 0 Å². The van der Waals surface area contributed by atoms with E-state index in [0.29, 0.717) is 6.61 Å². The van der Waals surface area contributed by atoms with Crippen molar-refractivity contribution in [3.63, 3.8) is 0 Å². The fourth-order valence-corrected chi connectivity index (χ4v) is 2.81. The number of nitrogens with zero attached hydrogens (tertiary/aromatic N) is 2. The van der Waals surface area contributed by atoms with E-state index in [2.05, 4.69) is 15.2 Å². The van der Waals surface area contributed by atoms with Gasteiger partial charge in [0.25, 0.3) is 5.91 Å². The van der Waals surface area contributed by atoms with E-state index in [-0.39, 0.29) is 5.91 Å². The van der Waals surface area contributed by atoms with Gasteiger partial charge in [-0.25, -0.2) is 4.98 Å². The van der Waals surface area contributed by atoms with E-state index in [4.69, 9.17) is 4.74 Å². The molecule has 1 aromatic heterocycles. The van der Waals surface area contributed by atoms with Crippen molar-refractivity contribution in [2.24, 2.45) is 0 Å². The molecule has 3 heterocycles. The fraction of sp³-hybridized carbons (Fsp3) is 0.600. The first-order valence-electron chi connectivity index (χ1n) is 7.34. The third kappa shape index (κ3) is 2.63. The zero-order valence-corrected chi connectivity index (χ0v) is 11.9. The summed E-state index contributed by atoms with van der Waals surface area (Å²) in [6.07, 6.45) is 5.91. The van der Waals surface area contributed by atoms with Crippen LogP contribution in [0.4, 0.5) is 11.5 Å². The number of hydrogen-bond acceptors (Lipinski definition) is 4. The fourth-order valence-electron chi connectivity index (χ4n) is 2.81. The van der Waals surface area contributed by atoms with E-state index in [0.717, 1.165) is 37.4 Å². The number of ether oxygens (including phenoxy) is 1. The van der Waals surface area contributed by atoms with Crippen LogP contribution in [-0.4, -0.2) is 36.2 Å². The van der Waals surface area contributed by atoms with Gasteiger partial charge in [-0.05, 0) is 44.7 Å². The summed E-state index contributed by atoms with van der Waals surface area (Å²) in [5.74, 6) is 0.912. The third-order valence-corrected chi connectivity index (χ3v) is 4.13. The smallest absolute Gasteiger partial charge is 0.256 e. The maximum atomic E-state index is 12.2. The van der Waals surface area contributed by atoms with Crippen molar-refractivity contribution in [3.05, 3.63) is 18.3 Å². The van der Waals surface area contributed by atoms with Crippen LogP contribution < -0.4 is 10.2 Å². The van der Waals surface area contributed by atoms with Gasteiger partial charge in [0.15, 0.2) is 0 Å². The van der Waals surface area contributed by atoms with Crippen LogP contribution >= 0.6 is 0 Å². The van der Waals surface area contributed by atoms with Gasteiger partial charge in [0.2, 0.25) is 0 Å². The minimum Gasteiger partial charge on any atom is -0.365 e. The molecule has 0 bridgehead atoms. The Morgan fingerprint density at radius 1 is 1.35 bits per heavy atom. The maximum Gasteiger partial charge on any atom is 0.256 e. The van der Waals surface area contributed by atoms with Gasteiger partial charge in [0.05, 0.1) is 11.9 Å². The third-order valence-electron chi connectivity index (χ3n) is 4.13. The molecular weight excluding hydrogens is 254 g/mol. The monoisotopic (exact) mass is 275 g/mol. The summed E-state index contributed by atoms with van der Waals surface area (Å²) in [6.45, 7) is 4.66. The largest absolute Gasteiger partial charge is 0.365 e. The van der Waals surface area contributed by atoms with E-state index in [1.807, 2.05) is 19.1 Å². The van der Waals surface area contributed by atoms with Crippen molar-refractivity contribution in [1.29, 1.82) is 0 Å². The van der Waals surface area contributed by atoms with Gasteiger partial charge in [0.1, 0.15) is 11.4 Å². The number of carbonyl (C=O) groups is 1. The van der Waals surface area contributed by atoms with Crippen molar-refractivity contribution in [3.8, 4) is 0 Å². The van der Waals surface area contributed by atoms with Crippen LogP contribution in [0, 0.1) is 0 Å². The number of amides is 1. The van der Waals surface area contributed by atoms with Crippen LogP contribution in [0.3, 0.4) is 0 Å². The maximum absolute atomic E-state index is 12.2. The van der Waals surface area contributed by atoms with Gasteiger partial charge in [-0.1, -0.05) is 0 Å². The molecule has 0 aromatic carbocycles. The normalized spacial score (nSPS) is 25.9. The van der Waals surface area contributed by atoms with Gasteiger partial charge in [-0.3, -0.25) is 4.79 Å². The number of hydrogen-bond donors (Lipinski definition) is 1. The highest BCUT2D eigenvalue weighted by atomic mass is 16.5. The molecule has 1 aromatic rings. The topological polar surface area (TPSA) is 54.5 Å². The molecule has 0 radical (unpaired) electrons. The quantitative estimate of drug-likeness (QED) is 0.918. The van der Waals surface area contributed by atoms with Gasteiger partial charge in [0, 0.05) is 19.7 Å². The van der Waals surface area contributed by atoms with Crippen molar-refractivity contribution >= 4 is 17.4 Å². The lowest BCUT2D eigenvalue weighted by molar-refractivity contribution is -0.133. The molecule has 3 rings (SSSR count). The Balaban J connectivity index is 1.64. The summed E-state index contributed by atoms with van der Waals surface area (Å²) >= 11 is 0. The van der Waals surface area contributed by atoms with E-state index in [1.165, 1.54) is 12.8 Å². The van der Waals surface area contributed by atoms with Gasteiger partial charge < -0.3 is 15.0 Å². The molecule has 2 saturated heterocycles. The highest BCUT2D eigenvalue weighted by molar-refractivity contribution is 5.97. The second-order valence-corrected chi connectivity index (χ2v) is 5.74. The van der Waals surface area contributed by atoms with E-state index >= 15 is 0 Å². The Bertz CT molecular complexity index is 474. The second-order valence-electron chi connectivity index (χ2n) is 5.74. The summed E-state index contributed by atoms with van der Waals surface area (Å²) in [7, 11) is 0. The lowest BCUT2D eigenvalue weighted by Crippen LogP contribution is -2.39. The Labute approximate surface area is 119 Å². The molecular formula is C15H21N3O2. The van der Waals surface area contributed by atoms with Gasteiger partial charge >= 0.3 is 0 Å². The minimum absolute atomic E-state index is 0.0780. The molecule has 0 spiro atoms. The molecule has 2 aliphatic heterocycles. The van der Waals surface area contributed by atoms with Crippen LogP contribution in [0.15, 0.2) is 18.3 Å². The Morgan fingerprint density at radius 3 is 2.75 bits per heavy atom. The zero-order valence-electron chi connectivity index (χ0n) is 11.9. The average Bonchev–Trinajstić information content (AvgIpc) is 3.11. The predicted molar refractivity (Wildman–Crippen MR) is 77.9 cm³/mol. The molecule has 5 heteroatoms. The summed E-state index contributed by atoms with van der Waals surface area (Å²) in [5, 5.41) is 2.90. The number of anilines is 2. The summed E-state index contributed by atoms with van der Waals surface area (Å²) in [4.78, 5) is 18.9. The molecule has 2 fully saturated rings. The molecule has 0 saturated carbocycles. The molecule has 1 N–H and O–H groups in total. The number of nitrogens with one attached hydrogen (secondary N) is 1. The van der Waals surface area contributed by atoms with E-state index in [1.54, 1.807) is 6.20 Å². The van der Waals surface area contributed by atoms with Gasteiger partial charge in [-0.2, -0.15) is 0 Å². The molecule has 0 unspecified atom stereocenters. The molecule has 0 aliphatic carbocycles. The lowest BCUT2D eigenvalue weighted by atomic mass is 10.0. The summed E-state index contributed by atoms with van der Waals surface area (Å²) in [6, 6.07) is 3.88. The Morgan fingerprint density at radius 2 is 2.15 bits per heavy atom. The van der Waals surface area contributed by atoms with Crippen molar-refractivity contribution in [1.82, 2.24) is 4.98 Å². The van der Waals surface area contributed by atoms with Crippen molar-refractivity contribution in [2.75, 3.05) is 29.9 Å². The van der Waals surface area contributed by atoms with Crippen LogP contribution in [0.25, 0.3) is 0 Å². The number of pyridine rings is 1. The molecule has 5 nitrogen and oxygen atoms in total. The SMILES string of the molecule is C[C@]1(C(=O)Nc2ccc(N3CCCC3)nc2)CCCO1. The van der Waals surface area contributed by atoms with Crippen molar-refractivity contribution < 1.29 is 9.53 Å². The highest BCUT2D eigenvalue weighted by Gasteiger charge is 2.37. The van der Waals surface area contributed by atoms with E-state index < -0.39 is 5.60 Å². The first-order chi connectivity index (χ1) is 9.67. The van der Waals surface area contributed by atoms with Crippen LogP contribution in [0.1, 0.15) is 32.6 Å². The number of carbonyl (C=O) groups excluding carboxylic acids is 1. The first kappa shape index (κ1) is 13.4. The van der Waals surface area contributed by atoms with Crippen LogP contribution in [-0.2, 0) is 9.53 Å². The summed E-state index contributed by atoms with van der Waals surface area (Å²) < 4.78 is 5.54. The second kappa shape index (κ2) is 5.40. The Hall–Kier alpha value is -1.62. The number of aromatic nitrogens is 1. The minimum atomic E-state index is -0.687. The zero-order chi connectivity index (χ0) is 14.0. The van der Waals surface area contributed by atoms with Gasteiger partial charge in [-0.15, -0.1) is 0 Å². The first-order valence-corrected chi connectivity index (χ1v) is 7.34. The molecule has 108 valence electrons. The highest BCUT2D eigenvalue weighted by Crippen LogP contribution is 2.27. The standard InChI is InChI=1S/C15H21N3O2/c1-15(7-4-10-20-15)14(19)17-12-5-6-13(16-11-12)18-8-2-3-9-18/h5-6,11H,2-4,7-10H2,1H3,(H,17,19)/t15-/m1/s1. The molecule has 1 atom stereocenters.